The maximum atomic E-state index is 3.28. The first kappa shape index (κ1) is 22.5. The Morgan fingerprint density at radius 2 is 1.30 bits per heavy atom. The summed E-state index contributed by atoms with van der Waals surface area (Å²) in [7, 11) is 0. The van der Waals surface area contributed by atoms with Gasteiger partial charge in [0, 0.05) is 0 Å². The molecule has 1 saturated heterocycles. The predicted molar refractivity (Wildman–Crippen MR) is 39.0 cm³/mol. The van der Waals surface area contributed by atoms with Crippen LogP contribution in [-0.2, 0) is 21.1 Å². The molecular weight excluding hydrogens is 354 g/mol. The van der Waals surface area contributed by atoms with Crippen LogP contribution < -0.4 is 23.9 Å². The third-order valence-corrected chi connectivity index (χ3v) is 1.21. The van der Waals surface area contributed by atoms with Crippen LogP contribution in [0.5, 0.6) is 0 Å². The van der Waals surface area contributed by atoms with Gasteiger partial charge in [-0.3, -0.25) is 0 Å². The van der Waals surface area contributed by atoms with Crippen LogP contribution in [0.4, 0.5) is 0 Å². The Labute approximate surface area is 89.6 Å². The molecule has 0 aliphatic carbocycles. The molecule has 0 aromatic heterocycles. The van der Waals surface area contributed by atoms with Gasteiger partial charge in [0.15, 0.2) is 0 Å². The Morgan fingerprint density at radius 3 is 1.40 bits per heavy atom. The van der Waals surface area contributed by atoms with Crippen molar-refractivity contribution in [3.63, 3.8) is 0 Å². The number of nitrogens with one attached hydrogen (secondary N) is 1. The SMILES string of the molecule is C1CCNCC1.Cl.N.[Cl-].[Pt+2]. The van der Waals surface area contributed by atoms with Gasteiger partial charge in [-0.25, -0.2) is 0 Å². The Hall–Kier alpha value is 1.19. The minimum Gasteiger partial charge on any atom is -1.00 e. The largest absolute Gasteiger partial charge is 2.00 e. The molecule has 10 heavy (non-hydrogen) atoms. The van der Waals surface area contributed by atoms with E-state index in [1.807, 2.05) is 0 Å². The molecule has 0 unspecified atom stereocenters. The Kier molecular flexibility index (Phi) is 37.4. The van der Waals surface area contributed by atoms with Gasteiger partial charge >= 0.3 is 21.1 Å². The number of hydrogen-bond acceptors (Lipinski definition) is 2. The summed E-state index contributed by atoms with van der Waals surface area (Å²) in [6, 6.07) is 0. The van der Waals surface area contributed by atoms with Gasteiger partial charge in [-0.05, 0) is 25.9 Å². The van der Waals surface area contributed by atoms with Crippen molar-refractivity contribution in [2.75, 3.05) is 13.1 Å². The van der Waals surface area contributed by atoms with Crippen LogP contribution in [0.15, 0.2) is 0 Å². The van der Waals surface area contributed by atoms with Gasteiger partial charge in [0.1, 0.15) is 0 Å². The minimum atomic E-state index is 0. The fraction of sp³-hybridized carbons (Fsp3) is 1.00. The van der Waals surface area contributed by atoms with Crippen LogP contribution in [0.3, 0.4) is 0 Å². The summed E-state index contributed by atoms with van der Waals surface area (Å²) in [6.07, 6.45) is 4.22. The molecule has 1 heterocycles. The Balaban J connectivity index is -0.0000000450. The topological polar surface area (TPSA) is 47.0 Å². The average molecular weight is 369 g/mol. The Morgan fingerprint density at radius 1 is 0.900 bits per heavy atom. The maximum absolute atomic E-state index is 3.28. The summed E-state index contributed by atoms with van der Waals surface area (Å²) in [5, 5.41) is 3.28. The monoisotopic (exact) mass is 368 g/mol. The van der Waals surface area contributed by atoms with Gasteiger partial charge < -0.3 is 23.9 Å². The summed E-state index contributed by atoms with van der Waals surface area (Å²) >= 11 is 0. The van der Waals surface area contributed by atoms with Crippen LogP contribution in [0.1, 0.15) is 19.3 Å². The number of halogens is 2. The Bertz CT molecular complexity index is 33.1. The number of rotatable bonds is 0. The standard InChI is InChI=1S/C5H11N.2ClH.H3N.Pt/c1-2-4-6-5-3-1;;;;/h6H,1-5H2;2*1H;1H3;/q;;;;+2/p-1. The fourth-order valence-corrected chi connectivity index (χ4v) is 0.802. The average Bonchev–Trinajstić information content (AvgIpc) is 1.72. The molecule has 0 aromatic rings. The van der Waals surface area contributed by atoms with Gasteiger partial charge in [0.2, 0.25) is 0 Å². The van der Waals surface area contributed by atoms with Gasteiger partial charge in [-0.2, -0.15) is 0 Å². The van der Waals surface area contributed by atoms with Gasteiger partial charge in [0.05, 0.1) is 0 Å². The van der Waals surface area contributed by atoms with E-state index in [4.69, 9.17) is 0 Å². The third-order valence-electron chi connectivity index (χ3n) is 1.21. The van der Waals surface area contributed by atoms with Crippen LogP contribution >= 0.6 is 12.4 Å². The number of hydrogen-bond donors (Lipinski definition) is 2. The molecule has 0 amide bonds. The van der Waals surface area contributed by atoms with Crippen LogP contribution in [0, 0.1) is 0 Å². The maximum Gasteiger partial charge on any atom is 2.00 e. The van der Waals surface area contributed by atoms with Crippen molar-refractivity contribution < 1.29 is 33.5 Å². The smallest absolute Gasteiger partial charge is 1.00 e. The molecular formula is C5H15Cl2N2Pt+. The molecule has 68 valence electrons. The normalized spacial score (nSPS) is 14.4. The first-order chi connectivity index (χ1) is 3.00. The van der Waals surface area contributed by atoms with E-state index in [9.17, 15) is 0 Å². The van der Waals surface area contributed by atoms with Gasteiger partial charge in [0.25, 0.3) is 0 Å². The summed E-state index contributed by atoms with van der Waals surface area (Å²) in [5.74, 6) is 0. The van der Waals surface area contributed by atoms with Crippen LogP contribution in [0.2, 0.25) is 0 Å². The molecule has 0 radical (unpaired) electrons. The van der Waals surface area contributed by atoms with E-state index in [0.29, 0.717) is 0 Å². The van der Waals surface area contributed by atoms with Crippen molar-refractivity contribution in [1.29, 1.82) is 0 Å². The molecule has 1 fully saturated rings. The summed E-state index contributed by atoms with van der Waals surface area (Å²) < 4.78 is 0. The molecule has 1 rings (SSSR count). The second kappa shape index (κ2) is 16.6. The first-order valence-corrected chi connectivity index (χ1v) is 2.71. The van der Waals surface area contributed by atoms with Crippen molar-refractivity contribution >= 4 is 12.4 Å². The molecule has 1 aliphatic rings. The van der Waals surface area contributed by atoms with E-state index in [0.717, 1.165) is 0 Å². The zero-order valence-corrected chi connectivity index (χ0v) is 9.69. The summed E-state index contributed by atoms with van der Waals surface area (Å²) in [6.45, 7) is 2.50. The third kappa shape index (κ3) is 11.9. The molecule has 4 N–H and O–H groups in total. The van der Waals surface area contributed by atoms with Crippen LogP contribution in [0.25, 0.3) is 0 Å². The quantitative estimate of drug-likeness (QED) is 0.538. The molecule has 0 aromatic carbocycles. The van der Waals surface area contributed by atoms with Crippen molar-refractivity contribution in [2.24, 2.45) is 0 Å². The first-order valence-electron chi connectivity index (χ1n) is 2.71. The van der Waals surface area contributed by atoms with Crippen LogP contribution in [-0.4, -0.2) is 13.1 Å². The van der Waals surface area contributed by atoms with E-state index >= 15 is 0 Å². The van der Waals surface area contributed by atoms with E-state index in [-0.39, 0.29) is 52.0 Å². The van der Waals surface area contributed by atoms with Crippen molar-refractivity contribution in [3.05, 3.63) is 0 Å². The second-order valence-electron chi connectivity index (χ2n) is 1.81. The molecule has 2 nitrogen and oxygen atoms in total. The molecule has 5 heteroatoms. The zero-order valence-electron chi connectivity index (χ0n) is 5.85. The van der Waals surface area contributed by atoms with Crippen molar-refractivity contribution in [3.8, 4) is 0 Å². The molecule has 0 atom stereocenters. The zero-order chi connectivity index (χ0) is 4.24. The summed E-state index contributed by atoms with van der Waals surface area (Å²) in [5.41, 5.74) is 0. The van der Waals surface area contributed by atoms with Gasteiger partial charge in [-0.1, -0.05) is 6.42 Å². The molecule has 0 saturated carbocycles. The summed E-state index contributed by atoms with van der Waals surface area (Å²) in [4.78, 5) is 0. The van der Waals surface area contributed by atoms with Crippen molar-refractivity contribution in [2.45, 2.75) is 19.3 Å². The van der Waals surface area contributed by atoms with Crippen molar-refractivity contribution in [1.82, 2.24) is 11.5 Å². The minimum absolute atomic E-state index is 0. The predicted octanol–water partition coefficient (Wildman–Crippen LogP) is -1.65. The molecule has 0 spiro atoms. The fourth-order valence-electron chi connectivity index (χ4n) is 0.802. The van der Waals surface area contributed by atoms with E-state index < -0.39 is 0 Å². The molecule has 1 aliphatic heterocycles. The van der Waals surface area contributed by atoms with E-state index in [2.05, 4.69) is 5.32 Å². The van der Waals surface area contributed by atoms with Gasteiger partial charge in [-0.15, -0.1) is 12.4 Å². The second-order valence-corrected chi connectivity index (χ2v) is 1.81. The number of piperidine rings is 1. The van der Waals surface area contributed by atoms with E-state index in [1.54, 1.807) is 0 Å². The molecule has 0 bridgehead atoms. The van der Waals surface area contributed by atoms with E-state index in [1.165, 1.54) is 32.4 Å².